The highest BCUT2D eigenvalue weighted by Crippen LogP contribution is 2.33. The van der Waals surface area contributed by atoms with Crippen molar-refractivity contribution in [3.8, 4) is 0 Å². The molecular weight excluding hydrogens is 478 g/mol. The van der Waals surface area contributed by atoms with Crippen LogP contribution in [0.4, 0.5) is 5.13 Å². The van der Waals surface area contributed by atoms with Gasteiger partial charge in [0.15, 0.2) is 15.0 Å². The van der Waals surface area contributed by atoms with Gasteiger partial charge in [-0.15, -0.1) is 12.4 Å². The van der Waals surface area contributed by atoms with Crippen LogP contribution in [-0.2, 0) is 9.84 Å². The molecule has 1 amide bonds. The van der Waals surface area contributed by atoms with Gasteiger partial charge in [-0.2, -0.15) is 0 Å². The van der Waals surface area contributed by atoms with Crippen molar-refractivity contribution in [2.24, 2.45) is 0 Å². The molecule has 0 N–H and O–H groups in total. The predicted octanol–water partition coefficient (Wildman–Crippen LogP) is 5.12. The van der Waals surface area contributed by atoms with E-state index in [0.717, 1.165) is 41.0 Å². The second-order valence-electron chi connectivity index (χ2n) is 7.84. The highest BCUT2D eigenvalue weighted by Gasteiger charge is 2.23. The van der Waals surface area contributed by atoms with Crippen LogP contribution in [0.2, 0.25) is 0 Å². The monoisotopic (exact) mass is 509 g/mol. The van der Waals surface area contributed by atoms with Crippen molar-refractivity contribution in [3.05, 3.63) is 53.1 Å². The number of fused-ring (bicyclic) bond motifs is 1. The number of aryl methyl sites for hydroxylation is 2. The van der Waals surface area contributed by atoms with Gasteiger partial charge in [-0.05, 0) is 68.4 Å². The number of anilines is 1. The third-order valence-corrected chi connectivity index (χ3v) is 8.64. The van der Waals surface area contributed by atoms with Gasteiger partial charge >= 0.3 is 0 Å². The Kier molecular flexibility index (Phi) is 9.43. The molecule has 1 aromatic heterocycles. The number of hydrogen-bond acceptors (Lipinski definition) is 6. The molecule has 33 heavy (non-hydrogen) atoms. The van der Waals surface area contributed by atoms with Crippen molar-refractivity contribution >= 4 is 54.8 Å². The highest BCUT2D eigenvalue weighted by molar-refractivity contribution is 7.91. The zero-order chi connectivity index (χ0) is 23.5. The number of hydrogen-bond donors (Lipinski definition) is 0. The molecule has 9 heteroatoms. The summed E-state index contributed by atoms with van der Waals surface area (Å²) in [5.74, 6) is -0.146. The van der Waals surface area contributed by atoms with Gasteiger partial charge in [0.25, 0.3) is 5.91 Å². The van der Waals surface area contributed by atoms with Crippen molar-refractivity contribution in [2.45, 2.75) is 39.5 Å². The Bertz CT molecular complexity index is 1200. The average Bonchev–Trinajstić information content (AvgIpc) is 3.20. The molecule has 0 saturated heterocycles. The lowest BCUT2D eigenvalue weighted by Crippen LogP contribution is -2.38. The van der Waals surface area contributed by atoms with Gasteiger partial charge in [-0.1, -0.05) is 38.2 Å². The molecule has 0 saturated carbocycles. The van der Waals surface area contributed by atoms with Crippen LogP contribution >= 0.6 is 23.7 Å². The Morgan fingerprint density at radius 2 is 1.64 bits per heavy atom. The van der Waals surface area contributed by atoms with Gasteiger partial charge in [0.1, 0.15) is 0 Å². The van der Waals surface area contributed by atoms with E-state index in [-0.39, 0.29) is 29.0 Å². The normalized spacial score (nSPS) is 11.6. The van der Waals surface area contributed by atoms with E-state index in [9.17, 15) is 13.2 Å². The lowest BCUT2D eigenvalue weighted by atomic mass is 10.1. The first kappa shape index (κ1) is 27.2. The van der Waals surface area contributed by atoms with Crippen LogP contribution in [0.25, 0.3) is 10.2 Å². The number of sulfone groups is 1. The molecule has 0 radical (unpaired) electrons. The van der Waals surface area contributed by atoms with Gasteiger partial charge in [0, 0.05) is 18.7 Å². The number of likely N-dealkylation sites (N-methyl/N-ethyl adjacent to an activating group) is 1. The summed E-state index contributed by atoms with van der Waals surface area (Å²) >= 11 is 1.52. The number of benzene rings is 2. The van der Waals surface area contributed by atoms with Gasteiger partial charge in [-0.25, -0.2) is 13.4 Å². The van der Waals surface area contributed by atoms with E-state index in [0.29, 0.717) is 17.2 Å². The molecule has 0 fully saturated rings. The van der Waals surface area contributed by atoms with E-state index in [2.05, 4.69) is 31.7 Å². The van der Waals surface area contributed by atoms with Crippen molar-refractivity contribution < 1.29 is 13.2 Å². The first-order chi connectivity index (χ1) is 15.2. The summed E-state index contributed by atoms with van der Waals surface area (Å²) in [6.45, 7) is 13.0. The minimum Gasteiger partial charge on any atom is -0.302 e. The van der Waals surface area contributed by atoms with Crippen LogP contribution < -0.4 is 4.90 Å². The lowest BCUT2D eigenvalue weighted by Gasteiger charge is -2.24. The first-order valence-corrected chi connectivity index (χ1v) is 13.4. The molecule has 180 valence electrons. The van der Waals surface area contributed by atoms with Crippen molar-refractivity contribution in [1.29, 1.82) is 0 Å². The zero-order valence-electron chi connectivity index (χ0n) is 19.8. The second kappa shape index (κ2) is 11.4. The van der Waals surface area contributed by atoms with Gasteiger partial charge in [0.2, 0.25) is 0 Å². The second-order valence-corrected chi connectivity index (χ2v) is 11.1. The average molecular weight is 510 g/mol. The molecule has 0 spiro atoms. The molecule has 0 aliphatic rings. The maximum atomic E-state index is 13.5. The SMILES string of the molecule is CCN(CC)CCN(C(=O)c1ccc(S(=O)(=O)CC)cc1)c1nc2cc(C)cc(C)c2s1.Cl. The topological polar surface area (TPSA) is 70.6 Å². The molecule has 0 unspecified atom stereocenters. The Morgan fingerprint density at radius 1 is 1.00 bits per heavy atom. The van der Waals surface area contributed by atoms with Crippen molar-refractivity contribution in [1.82, 2.24) is 9.88 Å². The van der Waals surface area contributed by atoms with E-state index in [1.54, 1.807) is 24.0 Å². The molecular formula is C24H32ClN3O3S2. The summed E-state index contributed by atoms with van der Waals surface area (Å²) in [5, 5.41) is 0.663. The van der Waals surface area contributed by atoms with Gasteiger partial charge < -0.3 is 4.90 Å². The number of carbonyl (C=O) groups excluding carboxylic acids is 1. The number of halogens is 1. The van der Waals surface area contributed by atoms with E-state index in [1.807, 2.05) is 13.0 Å². The summed E-state index contributed by atoms with van der Waals surface area (Å²) < 4.78 is 25.3. The van der Waals surface area contributed by atoms with Gasteiger partial charge in [-0.3, -0.25) is 9.69 Å². The van der Waals surface area contributed by atoms with E-state index in [4.69, 9.17) is 4.98 Å². The van der Waals surface area contributed by atoms with E-state index >= 15 is 0 Å². The minimum atomic E-state index is -3.31. The molecule has 0 aliphatic heterocycles. The number of nitrogens with zero attached hydrogens (tertiary/aromatic N) is 3. The summed E-state index contributed by atoms with van der Waals surface area (Å²) in [5.41, 5.74) is 3.63. The number of amides is 1. The third-order valence-electron chi connectivity index (χ3n) is 5.66. The Labute approximate surface area is 207 Å². The molecule has 0 atom stereocenters. The molecule has 0 bridgehead atoms. The van der Waals surface area contributed by atoms with E-state index in [1.165, 1.54) is 23.5 Å². The standard InChI is InChI=1S/C24H31N3O3S2.ClH/c1-6-26(7-2)13-14-27(24-25-21-16-17(4)15-18(5)22(21)31-24)23(28)19-9-11-20(12-10-19)32(29,30)8-3;/h9-12,15-16H,6-8,13-14H2,1-5H3;1H. The van der Waals surface area contributed by atoms with Crippen molar-refractivity contribution in [2.75, 3.05) is 36.8 Å². The summed E-state index contributed by atoms with van der Waals surface area (Å²) in [7, 11) is -3.31. The predicted molar refractivity (Wildman–Crippen MR) is 140 cm³/mol. The summed E-state index contributed by atoms with van der Waals surface area (Å²) in [6.07, 6.45) is 0. The lowest BCUT2D eigenvalue weighted by molar-refractivity contribution is 0.0983. The number of carbonyl (C=O) groups is 1. The third kappa shape index (κ3) is 6.12. The number of rotatable bonds is 9. The van der Waals surface area contributed by atoms with Crippen LogP contribution in [0.15, 0.2) is 41.3 Å². The zero-order valence-corrected chi connectivity index (χ0v) is 22.2. The van der Waals surface area contributed by atoms with Crippen LogP contribution in [0, 0.1) is 13.8 Å². The molecule has 0 aliphatic carbocycles. The molecule has 6 nitrogen and oxygen atoms in total. The first-order valence-electron chi connectivity index (χ1n) is 10.9. The van der Waals surface area contributed by atoms with E-state index < -0.39 is 9.84 Å². The quantitative estimate of drug-likeness (QED) is 0.400. The van der Waals surface area contributed by atoms with Crippen LogP contribution in [0.5, 0.6) is 0 Å². The minimum absolute atomic E-state index is 0. The Hall–Kier alpha value is -2.00. The maximum absolute atomic E-state index is 13.5. The Balaban J connectivity index is 0.00000385. The molecule has 3 rings (SSSR count). The van der Waals surface area contributed by atoms with Crippen LogP contribution in [0.1, 0.15) is 42.3 Å². The maximum Gasteiger partial charge on any atom is 0.260 e. The van der Waals surface area contributed by atoms with Crippen molar-refractivity contribution in [3.63, 3.8) is 0 Å². The number of aromatic nitrogens is 1. The fraction of sp³-hybridized carbons (Fsp3) is 0.417. The smallest absolute Gasteiger partial charge is 0.260 e. The molecule has 1 heterocycles. The Morgan fingerprint density at radius 3 is 2.21 bits per heavy atom. The fourth-order valence-electron chi connectivity index (χ4n) is 3.67. The number of thiazole rings is 1. The summed E-state index contributed by atoms with van der Waals surface area (Å²) in [4.78, 5) is 22.5. The van der Waals surface area contributed by atoms with Gasteiger partial charge in [0.05, 0.1) is 20.9 Å². The van der Waals surface area contributed by atoms with Crippen LogP contribution in [0.3, 0.4) is 0 Å². The highest BCUT2D eigenvalue weighted by atomic mass is 35.5. The molecule has 3 aromatic rings. The molecule has 2 aromatic carbocycles. The van der Waals surface area contributed by atoms with Crippen LogP contribution in [-0.4, -0.2) is 56.1 Å². The summed E-state index contributed by atoms with van der Waals surface area (Å²) in [6, 6.07) is 10.4. The largest absolute Gasteiger partial charge is 0.302 e. The fourth-order valence-corrected chi connectivity index (χ4v) is 5.60.